The normalized spacial score (nSPS) is 28.2. The number of aryl methyl sites for hydroxylation is 1. The van der Waals surface area contributed by atoms with Gasteiger partial charge in [0.15, 0.2) is 0 Å². The molecule has 24 heavy (non-hydrogen) atoms. The number of hydrogen-bond acceptors (Lipinski definition) is 2. The molecule has 1 aromatic rings. The quantitative estimate of drug-likeness (QED) is 0.856. The van der Waals surface area contributed by atoms with Crippen molar-refractivity contribution in [3.05, 3.63) is 28.8 Å². The number of carboxylic acids is 1. The van der Waals surface area contributed by atoms with E-state index in [2.05, 4.69) is 33.8 Å². The molecule has 1 N–H and O–H groups in total. The van der Waals surface area contributed by atoms with Gasteiger partial charge in [0.25, 0.3) is 0 Å². The highest BCUT2D eigenvalue weighted by Crippen LogP contribution is 2.58. The van der Waals surface area contributed by atoms with Gasteiger partial charge in [0.05, 0.1) is 12.5 Å². The topological polar surface area (TPSA) is 46.5 Å². The maximum absolute atomic E-state index is 12.5. The van der Waals surface area contributed by atoms with Crippen LogP contribution in [0.15, 0.2) is 12.1 Å². The smallest absolute Gasteiger partial charge is 0.314 e. The molecular weight excluding hydrogens is 300 g/mol. The van der Waals surface area contributed by atoms with Crippen molar-refractivity contribution in [2.75, 3.05) is 7.11 Å². The van der Waals surface area contributed by atoms with Gasteiger partial charge in [0.1, 0.15) is 5.75 Å². The van der Waals surface area contributed by atoms with Crippen molar-refractivity contribution in [3.8, 4) is 5.75 Å². The lowest BCUT2D eigenvalue weighted by Gasteiger charge is -2.53. The van der Waals surface area contributed by atoms with E-state index in [9.17, 15) is 9.90 Å². The molecule has 2 atom stereocenters. The van der Waals surface area contributed by atoms with Gasteiger partial charge in [-0.15, -0.1) is 0 Å². The average Bonchev–Trinajstić information content (AvgIpc) is 2.52. The monoisotopic (exact) mass is 330 g/mol. The summed E-state index contributed by atoms with van der Waals surface area (Å²) in [6.45, 7) is 8.82. The zero-order chi connectivity index (χ0) is 17.7. The van der Waals surface area contributed by atoms with Gasteiger partial charge in [0, 0.05) is 0 Å². The second kappa shape index (κ2) is 5.79. The fourth-order valence-electron chi connectivity index (χ4n) is 5.36. The van der Waals surface area contributed by atoms with Crippen molar-refractivity contribution in [1.82, 2.24) is 0 Å². The van der Waals surface area contributed by atoms with Gasteiger partial charge >= 0.3 is 5.97 Å². The largest absolute Gasteiger partial charge is 0.496 e. The molecule has 132 valence electrons. The molecule has 0 aliphatic heterocycles. The molecule has 1 saturated carbocycles. The van der Waals surface area contributed by atoms with Crippen LogP contribution < -0.4 is 4.74 Å². The lowest BCUT2D eigenvalue weighted by molar-refractivity contribution is -0.152. The molecule has 1 aromatic carbocycles. The summed E-state index contributed by atoms with van der Waals surface area (Å²) >= 11 is 0. The molecule has 2 aliphatic rings. The molecule has 2 aliphatic carbocycles. The van der Waals surface area contributed by atoms with Gasteiger partial charge < -0.3 is 9.84 Å². The zero-order valence-electron chi connectivity index (χ0n) is 15.6. The second-order valence-corrected chi connectivity index (χ2v) is 8.62. The summed E-state index contributed by atoms with van der Waals surface area (Å²) in [6, 6.07) is 4.26. The lowest BCUT2D eigenvalue weighted by atomic mass is 9.49. The maximum Gasteiger partial charge on any atom is 0.314 e. The van der Waals surface area contributed by atoms with Crippen LogP contribution in [-0.4, -0.2) is 18.2 Å². The third-order valence-electron chi connectivity index (χ3n) is 6.57. The Morgan fingerprint density at radius 1 is 1.29 bits per heavy atom. The highest BCUT2D eigenvalue weighted by Gasteiger charge is 2.57. The summed E-state index contributed by atoms with van der Waals surface area (Å²) in [5.74, 6) is 0.749. The Kier molecular flexibility index (Phi) is 4.17. The molecule has 0 spiro atoms. The van der Waals surface area contributed by atoms with Crippen molar-refractivity contribution in [2.24, 2.45) is 11.3 Å². The number of benzene rings is 1. The Labute approximate surface area is 145 Å². The molecular formula is C21H30O3. The minimum atomic E-state index is -0.752. The SMILES string of the molecule is COc1cc2c(cc1C(C)C)CCC1C(C)(C)CCC[C@]21C(=O)O. The molecule has 0 aromatic heterocycles. The van der Waals surface area contributed by atoms with E-state index in [4.69, 9.17) is 4.74 Å². The molecule has 1 unspecified atom stereocenters. The van der Waals surface area contributed by atoms with Crippen LogP contribution >= 0.6 is 0 Å². The predicted molar refractivity (Wildman–Crippen MR) is 95.8 cm³/mol. The van der Waals surface area contributed by atoms with Crippen LogP contribution in [0.1, 0.15) is 76.0 Å². The highest BCUT2D eigenvalue weighted by molar-refractivity contribution is 5.84. The Hall–Kier alpha value is -1.51. The number of aliphatic carboxylic acids is 1. The predicted octanol–water partition coefficient (Wildman–Crippen LogP) is 4.91. The van der Waals surface area contributed by atoms with E-state index in [1.54, 1.807) is 7.11 Å². The van der Waals surface area contributed by atoms with Crippen molar-refractivity contribution in [2.45, 2.75) is 71.1 Å². The van der Waals surface area contributed by atoms with Gasteiger partial charge in [-0.3, -0.25) is 4.79 Å². The van der Waals surface area contributed by atoms with E-state index >= 15 is 0 Å². The number of carboxylic acid groups (broad SMARTS) is 1. The molecule has 0 saturated heterocycles. The molecule has 0 amide bonds. The number of fused-ring (bicyclic) bond motifs is 3. The maximum atomic E-state index is 12.5. The third kappa shape index (κ3) is 2.35. The number of hydrogen-bond donors (Lipinski definition) is 1. The van der Waals surface area contributed by atoms with Crippen LogP contribution in [0.4, 0.5) is 0 Å². The summed E-state index contributed by atoms with van der Waals surface area (Å²) in [4.78, 5) is 12.5. The van der Waals surface area contributed by atoms with Gasteiger partial charge in [0.2, 0.25) is 0 Å². The van der Waals surface area contributed by atoms with Crippen LogP contribution in [-0.2, 0) is 16.6 Å². The number of methoxy groups -OCH3 is 1. The van der Waals surface area contributed by atoms with E-state index in [1.807, 2.05) is 6.07 Å². The minimum Gasteiger partial charge on any atom is -0.496 e. The number of carbonyl (C=O) groups is 1. The Bertz CT molecular complexity index is 659. The van der Waals surface area contributed by atoms with Gasteiger partial charge in [-0.05, 0) is 65.7 Å². The van der Waals surface area contributed by atoms with Crippen molar-refractivity contribution in [3.63, 3.8) is 0 Å². The van der Waals surface area contributed by atoms with E-state index in [1.165, 1.54) is 11.1 Å². The highest BCUT2D eigenvalue weighted by atomic mass is 16.5. The van der Waals surface area contributed by atoms with E-state index in [0.29, 0.717) is 5.92 Å². The van der Waals surface area contributed by atoms with Crippen LogP contribution in [0.3, 0.4) is 0 Å². The second-order valence-electron chi connectivity index (χ2n) is 8.62. The summed E-state index contributed by atoms with van der Waals surface area (Å²) in [7, 11) is 1.69. The first-order valence-corrected chi connectivity index (χ1v) is 9.18. The summed E-state index contributed by atoms with van der Waals surface area (Å²) < 4.78 is 5.64. The molecule has 3 rings (SSSR count). The lowest BCUT2D eigenvalue weighted by Crippen LogP contribution is -2.54. The van der Waals surface area contributed by atoms with Crippen LogP contribution in [0.5, 0.6) is 5.75 Å². The van der Waals surface area contributed by atoms with E-state index in [0.717, 1.165) is 43.4 Å². The summed E-state index contributed by atoms with van der Waals surface area (Å²) in [5.41, 5.74) is 2.73. The van der Waals surface area contributed by atoms with E-state index in [-0.39, 0.29) is 11.3 Å². The van der Waals surface area contributed by atoms with Crippen molar-refractivity contribution in [1.29, 1.82) is 0 Å². The summed E-state index contributed by atoms with van der Waals surface area (Å²) in [5, 5.41) is 10.3. The third-order valence-corrected chi connectivity index (χ3v) is 6.57. The number of rotatable bonds is 3. The van der Waals surface area contributed by atoms with Crippen LogP contribution in [0.2, 0.25) is 0 Å². The minimum absolute atomic E-state index is 0.0677. The van der Waals surface area contributed by atoms with Crippen molar-refractivity contribution < 1.29 is 14.6 Å². The first-order chi connectivity index (χ1) is 11.2. The molecule has 0 bridgehead atoms. The van der Waals surface area contributed by atoms with Gasteiger partial charge in [-0.1, -0.05) is 40.2 Å². The molecule has 0 heterocycles. The first kappa shape index (κ1) is 17.3. The first-order valence-electron chi connectivity index (χ1n) is 9.18. The van der Waals surface area contributed by atoms with Crippen LogP contribution in [0.25, 0.3) is 0 Å². The standard InChI is InChI=1S/C21H30O3/c1-13(2)15-11-14-7-8-18-20(3,4)9-6-10-21(18,19(22)23)16(14)12-17(15)24-5/h11-13,18H,6-10H2,1-5H3,(H,22,23)/t18?,21-/m0/s1. The van der Waals surface area contributed by atoms with Crippen molar-refractivity contribution >= 4 is 5.97 Å². The number of ether oxygens (including phenoxy) is 1. The molecule has 0 radical (unpaired) electrons. The zero-order valence-corrected chi connectivity index (χ0v) is 15.6. The Morgan fingerprint density at radius 3 is 2.58 bits per heavy atom. The fraction of sp³-hybridized carbons (Fsp3) is 0.667. The molecule has 1 fully saturated rings. The molecule has 3 heteroatoms. The Balaban J connectivity index is 2.24. The average molecular weight is 330 g/mol. The van der Waals surface area contributed by atoms with Gasteiger partial charge in [-0.25, -0.2) is 0 Å². The Morgan fingerprint density at radius 2 is 2.00 bits per heavy atom. The fourth-order valence-corrected chi connectivity index (χ4v) is 5.36. The molecule has 3 nitrogen and oxygen atoms in total. The van der Waals surface area contributed by atoms with Crippen LogP contribution in [0, 0.1) is 11.3 Å². The van der Waals surface area contributed by atoms with E-state index < -0.39 is 11.4 Å². The van der Waals surface area contributed by atoms with Gasteiger partial charge in [-0.2, -0.15) is 0 Å². The summed E-state index contributed by atoms with van der Waals surface area (Å²) in [6.07, 6.45) is 4.78.